The van der Waals surface area contributed by atoms with Crippen LogP contribution in [0.25, 0.3) is 0 Å². The molecule has 24 heavy (non-hydrogen) atoms. The van der Waals surface area contributed by atoms with Crippen LogP contribution in [0, 0.1) is 35.5 Å². The van der Waals surface area contributed by atoms with E-state index < -0.39 is 0 Å². The molecule has 0 spiro atoms. The van der Waals surface area contributed by atoms with Gasteiger partial charge in [-0.2, -0.15) is 0 Å². The highest BCUT2D eigenvalue weighted by Crippen LogP contribution is 2.36. The van der Waals surface area contributed by atoms with Crippen LogP contribution < -0.4 is 0 Å². The Labute approximate surface area is 150 Å². The summed E-state index contributed by atoms with van der Waals surface area (Å²) in [4.78, 5) is 2.55. The third-order valence-electron chi connectivity index (χ3n) is 6.55. The molecule has 138 valence electrons. The van der Waals surface area contributed by atoms with Gasteiger partial charge in [-0.15, -0.1) is 0 Å². The Kier molecular flexibility index (Phi) is 7.12. The molecule has 2 nitrogen and oxygen atoms in total. The molecular formula is C22H39NO. The molecule has 0 fully saturated rings. The van der Waals surface area contributed by atoms with E-state index in [1.807, 2.05) is 0 Å². The number of nitrogens with zero attached hydrogens (tertiary/aromatic N) is 1. The third-order valence-corrected chi connectivity index (χ3v) is 6.55. The summed E-state index contributed by atoms with van der Waals surface area (Å²) in [6, 6.07) is 0. The summed E-state index contributed by atoms with van der Waals surface area (Å²) in [5.74, 6) is 4.22. The monoisotopic (exact) mass is 333 g/mol. The summed E-state index contributed by atoms with van der Waals surface area (Å²) < 4.78 is 0. The van der Waals surface area contributed by atoms with E-state index in [1.54, 1.807) is 11.1 Å². The van der Waals surface area contributed by atoms with Gasteiger partial charge >= 0.3 is 0 Å². The van der Waals surface area contributed by atoms with E-state index in [4.69, 9.17) is 0 Å². The molecule has 2 heteroatoms. The molecule has 6 atom stereocenters. The van der Waals surface area contributed by atoms with Gasteiger partial charge < -0.3 is 10.0 Å². The lowest BCUT2D eigenvalue weighted by Gasteiger charge is -2.41. The van der Waals surface area contributed by atoms with Crippen molar-refractivity contribution in [2.24, 2.45) is 35.5 Å². The van der Waals surface area contributed by atoms with Crippen molar-refractivity contribution < 1.29 is 5.11 Å². The van der Waals surface area contributed by atoms with Gasteiger partial charge in [-0.25, -0.2) is 0 Å². The minimum atomic E-state index is 0.273. The van der Waals surface area contributed by atoms with Crippen molar-refractivity contribution in [1.82, 2.24) is 4.90 Å². The zero-order valence-electron chi connectivity index (χ0n) is 16.8. The zero-order valence-corrected chi connectivity index (χ0v) is 16.8. The van der Waals surface area contributed by atoms with E-state index in [2.05, 4.69) is 58.6 Å². The minimum absolute atomic E-state index is 0.273. The Morgan fingerprint density at radius 3 is 1.62 bits per heavy atom. The standard InChI is InChI=1S/C22H39NO/c1-15-9-17(3)21(18(4)10-15)13-23(7-8-24)14-22-19(5)11-16(2)12-20(22)6/h9,11,17-22,24H,7-8,10,12-14H2,1-6H3/t17-,18-,19-,20-,21-,22+/m0/s1. The highest BCUT2D eigenvalue weighted by atomic mass is 16.3. The van der Waals surface area contributed by atoms with Gasteiger partial charge in [0.05, 0.1) is 6.61 Å². The van der Waals surface area contributed by atoms with Crippen LogP contribution in [0.4, 0.5) is 0 Å². The van der Waals surface area contributed by atoms with Gasteiger partial charge in [0.15, 0.2) is 0 Å². The van der Waals surface area contributed by atoms with Crippen LogP contribution in [0.2, 0.25) is 0 Å². The second kappa shape index (κ2) is 8.67. The lowest BCUT2D eigenvalue weighted by Crippen LogP contribution is -2.43. The molecule has 1 N–H and O–H groups in total. The first kappa shape index (κ1) is 19.7. The van der Waals surface area contributed by atoms with Crippen LogP contribution >= 0.6 is 0 Å². The molecule has 0 saturated carbocycles. The van der Waals surface area contributed by atoms with Gasteiger partial charge in [0.1, 0.15) is 0 Å². The molecule has 0 unspecified atom stereocenters. The van der Waals surface area contributed by atoms with Crippen LogP contribution in [0.5, 0.6) is 0 Å². The molecule has 0 amide bonds. The number of rotatable bonds is 6. The number of hydrogen-bond acceptors (Lipinski definition) is 2. The van der Waals surface area contributed by atoms with E-state index in [1.165, 1.54) is 12.8 Å². The Hall–Kier alpha value is -0.600. The van der Waals surface area contributed by atoms with Crippen molar-refractivity contribution in [2.75, 3.05) is 26.2 Å². The highest BCUT2D eigenvalue weighted by Gasteiger charge is 2.32. The Bertz CT molecular complexity index is 427. The van der Waals surface area contributed by atoms with E-state index in [9.17, 15) is 5.11 Å². The fraction of sp³-hybridized carbons (Fsp3) is 0.818. The first-order valence-corrected chi connectivity index (χ1v) is 9.99. The van der Waals surface area contributed by atoms with E-state index in [-0.39, 0.29) is 6.61 Å². The molecule has 0 heterocycles. The van der Waals surface area contributed by atoms with E-state index in [0.717, 1.165) is 31.5 Å². The number of allylic oxidation sites excluding steroid dienone is 4. The van der Waals surface area contributed by atoms with Crippen molar-refractivity contribution in [3.63, 3.8) is 0 Å². The summed E-state index contributed by atoms with van der Waals surface area (Å²) in [6.07, 6.45) is 7.42. The maximum Gasteiger partial charge on any atom is 0.0558 e. The van der Waals surface area contributed by atoms with Gasteiger partial charge in [0.25, 0.3) is 0 Å². The van der Waals surface area contributed by atoms with Crippen molar-refractivity contribution in [1.29, 1.82) is 0 Å². The first-order valence-electron chi connectivity index (χ1n) is 9.99. The van der Waals surface area contributed by atoms with Gasteiger partial charge in [0, 0.05) is 19.6 Å². The van der Waals surface area contributed by atoms with Crippen molar-refractivity contribution in [3.8, 4) is 0 Å². The highest BCUT2D eigenvalue weighted by molar-refractivity contribution is 5.10. The molecule has 0 aromatic heterocycles. The Morgan fingerprint density at radius 1 is 0.875 bits per heavy atom. The van der Waals surface area contributed by atoms with Crippen LogP contribution in [0.15, 0.2) is 23.3 Å². The quantitative estimate of drug-likeness (QED) is 0.709. The third kappa shape index (κ3) is 4.95. The number of aliphatic hydroxyl groups excluding tert-OH is 1. The minimum Gasteiger partial charge on any atom is -0.395 e. The van der Waals surface area contributed by atoms with Gasteiger partial charge in [0.2, 0.25) is 0 Å². The van der Waals surface area contributed by atoms with Crippen molar-refractivity contribution in [3.05, 3.63) is 23.3 Å². The average Bonchev–Trinajstić information content (AvgIpc) is 2.46. The smallest absolute Gasteiger partial charge is 0.0558 e. The largest absolute Gasteiger partial charge is 0.395 e. The summed E-state index contributed by atoms with van der Waals surface area (Å²) in [5, 5.41) is 9.58. The van der Waals surface area contributed by atoms with Crippen molar-refractivity contribution >= 4 is 0 Å². The molecule has 0 bridgehead atoms. The Balaban J connectivity index is 2.04. The molecule has 0 radical (unpaired) electrons. The predicted molar refractivity (Wildman–Crippen MR) is 104 cm³/mol. The van der Waals surface area contributed by atoms with E-state index >= 15 is 0 Å². The normalized spacial score (nSPS) is 37.3. The zero-order chi connectivity index (χ0) is 17.9. The lowest BCUT2D eigenvalue weighted by molar-refractivity contribution is 0.0960. The molecule has 0 aliphatic heterocycles. The predicted octanol–water partition coefficient (Wildman–Crippen LogP) is 4.76. The molecule has 0 saturated heterocycles. The fourth-order valence-electron chi connectivity index (χ4n) is 5.32. The van der Waals surface area contributed by atoms with E-state index in [0.29, 0.717) is 23.7 Å². The maximum absolute atomic E-state index is 9.58. The fourth-order valence-corrected chi connectivity index (χ4v) is 5.32. The van der Waals surface area contributed by atoms with Gasteiger partial charge in [-0.3, -0.25) is 0 Å². The summed E-state index contributed by atoms with van der Waals surface area (Å²) >= 11 is 0. The van der Waals surface area contributed by atoms with Gasteiger partial charge in [-0.1, -0.05) is 51.0 Å². The molecule has 2 aliphatic carbocycles. The number of aliphatic hydroxyl groups is 1. The summed E-state index contributed by atoms with van der Waals surface area (Å²) in [6.45, 7) is 17.5. The molecule has 2 aliphatic rings. The number of hydrogen-bond donors (Lipinski definition) is 1. The van der Waals surface area contributed by atoms with Crippen LogP contribution in [-0.2, 0) is 0 Å². The lowest BCUT2D eigenvalue weighted by atomic mass is 9.73. The maximum atomic E-state index is 9.58. The molecule has 0 aromatic carbocycles. The van der Waals surface area contributed by atoms with Crippen molar-refractivity contribution in [2.45, 2.75) is 54.4 Å². The second-order valence-corrected chi connectivity index (χ2v) is 8.92. The molecular weight excluding hydrogens is 294 g/mol. The second-order valence-electron chi connectivity index (χ2n) is 8.92. The first-order chi connectivity index (χ1) is 11.3. The molecule has 0 aromatic rings. The average molecular weight is 334 g/mol. The van der Waals surface area contributed by atoms with Crippen LogP contribution in [-0.4, -0.2) is 36.2 Å². The summed E-state index contributed by atoms with van der Waals surface area (Å²) in [5.41, 5.74) is 3.10. The summed E-state index contributed by atoms with van der Waals surface area (Å²) in [7, 11) is 0. The topological polar surface area (TPSA) is 23.5 Å². The van der Waals surface area contributed by atoms with Crippen LogP contribution in [0.1, 0.15) is 54.4 Å². The SMILES string of the molecule is CC1=C[C@H](C)[C@@H](CN(CCO)C[C@H]2[C@@H](C)C=C(C)C[C@@H]2C)[C@@H](C)C1. The van der Waals surface area contributed by atoms with Crippen LogP contribution in [0.3, 0.4) is 0 Å². The Morgan fingerprint density at radius 2 is 1.29 bits per heavy atom. The van der Waals surface area contributed by atoms with Gasteiger partial charge in [-0.05, 0) is 62.2 Å². The molecule has 2 rings (SSSR count).